The first kappa shape index (κ1) is 15.4. The van der Waals surface area contributed by atoms with Gasteiger partial charge in [0.1, 0.15) is 5.75 Å². The van der Waals surface area contributed by atoms with E-state index in [-0.39, 0.29) is 23.8 Å². The SMILES string of the molecule is COc1ccc(CC(=O)N/N=C\c2ccc(O)c(O)c2)cc1. The fraction of sp³-hybridized carbons (Fsp3) is 0.125. The Kier molecular flexibility index (Phi) is 4.98. The van der Waals surface area contributed by atoms with Gasteiger partial charge in [-0.3, -0.25) is 4.79 Å². The maximum Gasteiger partial charge on any atom is 0.244 e. The van der Waals surface area contributed by atoms with Crippen molar-refractivity contribution in [3.05, 3.63) is 53.6 Å². The summed E-state index contributed by atoms with van der Waals surface area (Å²) in [6.07, 6.45) is 1.58. The van der Waals surface area contributed by atoms with E-state index in [9.17, 15) is 15.0 Å². The molecule has 3 N–H and O–H groups in total. The Hall–Kier alpha value is -3.02. The van der Waals surface area contributed by atoms with E-state index in [1.807, 2.05) is 0 Å². The molecule has 6 heteroatoms. The smallest absolute Gasteiger partial charge is 0.244 e. The Morgan fingerprint density at radius 2 is 1.91 bits per heavy atom. The molecule has 1 amide bonds. The number of carbonyl (C=O) groups excluding carboxylic acids is 1. The van der Waals surface area contributed by atoms with E-state index >= 15 is 0 Å². The Bertz CT molecular complexity index is 681. The normalized spacial score (nSPS) is 10.6. The summed E-state index contributed by atoms with van der Waals surface area (Å²) >= 11 is 0. The second kappa shape index (κ2) is 7.12. The minimum atomic E-state index is -0.260. The van der Waals surface area contributed by atoms with Gasteiger partial charge in [0.2, 0.25) is 5.91 Å². The predicted molar refractivity (Wildman–Crippen MR) is 82.2 cm³/mol. The molecule has 22 heavy (non-hydrogen) atoms. The van der Waals surface area contributed by atoms with E-state index < -0.39 is 0 Å². The van der Waals surface area contributed by atoms with Gasteiger partial charge >= 0.3 is 0 Å². The first-order chi connectivity index (χ1) is 10.6. The molecule has 0 atom stereocenters. The fourth-order valence-corrected chi connectivity index (χ4v) is 1.77. The lowest BCUT2D eigenvalue weighted by molar-refractivity contribution is -0.120. The number of ether oxygens (including phenoxy) is 1. The molecule has 0 aliphatic heterocycles. The molecule has 0 heterocycles. The number of nitrogens with zero attached hydrogens (tertiary/aromatic N) is 1. The van der Waals surface area contributed by atoms with E-state index in [1.54, 1.807) is 37.4 Å². The van der Waals surface area contributed by atoms with E-state index in [0.29, 0.717) is 5.56 Å². The van der Waals surface area contributed by atoms with Gasteiger partial charge in [0.15, 0.2) is 11.5 Å². The Balaban J connectivity index is 1.88. The molecule has 0 bridgehead atoms. The minimum absolute atomic E-state index is 0.197. The summed E-state index contributed by atoms with van der Waals surface area (Å²) in [5.41, 5.74) is 3.80. The van der Waals surface area contributed by atoms with Crippen LogP contribution < -0.4 is 10.2 Å². The van der Waals surface area contributed by atoms with Crippen molar-refractivity contribution in [2.45, 2.75) is 6.42 Å². The van der Waals surface area contributed by atoms with Gasteiger partial charge in [-0.1, -0.05) is 12.1 Å². The zero-order valence-electron chi connectivity index (χ0n) is 12.0. The molecule has 0 unspecified atom stereocenters. The van der Waals surface area contributed by atoms with Gasteiger partial charge in [0, 0.05) is 0 Å². The third-order valence-electron chi connectivity index (χ3n) is 2.93. The van der Waals surface area contributed by atoms with Crippen LogP contribution in [0.5, 0.6) is 17.2 Å². The summed E-state index contributed by atoms with van der Waals surface area (Å²) in [6.45, 7) is 0. The molecular formula is C16H16N2O4. The van der Waals surface area contributed by atoms with Gasteiger partial charge in [-0.15, -0.1) is 0 Å². The quantitative estimate of drug-likeness (QED) is 0.446. The van der Waals surface area contributed by atoms with Crippen molar-refractivity contribution >= 4 is 12.1 Å². The van der Waals surface area contributed by atoms with Crippen molar-refractivity contribution in [1.82, 2.24) is 5.43 Å². The summed E-state index contributed by atoms with van der Waals surface area (Å²) in [5.74, 6) is 0.0212. The average Bonchev–Trinajstić information content (AvgIpc) is 2.51. The third-order valence-corrected chi connectivity index (χ3v) is 2.93. The maximum absolute atomic E-state index is 11.7. The first-order valence-corrected chi connectivity index (χ1v) is 6.55. The number of rotatable bonds is 5. The molecule has 0 radical (unpaired) electrons. The van der Waals surface area contributed by atoms with E-state index in [4.69, 9.17) is 4.74 Å². The molecule has 0 aliphatic carbocycles. The summed E-state index contributed by atoms with van der Waals surface area (Å²) in [7, 11) is 1.58. The third kappa shape index (κ3) is 4.24. The lowest BCUT2D eigenvalue weighted by Crippen LogP contribution is -2.19. The minimum Gasteiger partial charge on any atom is -0.504 e. The van der Waals surface area contributed by atoms with Crippen LogP contribution in [0.4, 0.5) is 0 Å². The number of hydrogen-bond donors (Lipinski definition) is 3. The van der Waals surface area contributed by atoms with Crippen LogP contribution in [0.25, 0.3) is 0 Å². The molecule has 0 aliphatic rings. The zero-order chi connectivity index (χ0) is 15.9. The molecule has 2 rings (SSSR count). The number of benzene rings is 2. The number of hydrogen-bond acceptors (Lipinski definition) is 5. The number of carbonyl (C=O) groups is 1. The Labute approximate surface area is 127 Å². The van der Waals surface area contributed by atoms with Crippen LogP contribution in [0.15, 0.2) is 47.6 Å². The van der Waals surface area contributed by atoms with Gasteiger partial charge < -0.3 is 14.9 Å². The van der Waals surface area contributed by atoms with Crippen molar-refractivity contribution in [3.8, 4) is 17.2 Å². The molecule has 0 fully saturated rings. The summed E-state index contributed by atoms with van der Waals surface area (Å²) in [4.78, 5) is 11.7. The maximum atomic E-state index is 11.7. The lowest BCUT2D eigenvalue weighted by Gasteiger charge is -2.03. The van der Waals surface area contributed by atoms with Crippen LogP contribution in [-0.4, -0.2) is 29.4 Å². The second-order valence-corrected chi connectivity index (χ2v) is 4.57. The second-order valence-electron chi connectivity index (χ2n) is 4.57. The topological polar surface area (TPSA) is 91.2 Å². The molecule has 2 aromatic rings. The Morgan fingerprint density at radius 1 is 1.18 bits per heavy atom. The molecule has 2 aromatic carbocycles. The van der Waals surface area contributed by atoms with Crippen LogP contribution in [-0.2, 0) is 11.2 Å². The van der Waals surface area contributed by atoms with Crippen LogP contribution in [0, 0.1) is 0 Å². The fourth-order valence-electron chi connectivity index (χ4n) is 1.77. The van der Waals surface area contributed by atoms with E-state index in [0.717, 1.165) is 11.3 Å². The van der Waals surface area contributed by atoms with Crippen molar-refractivity contribution in [1.29, 1.82) is 0 Å². The van der Waals surface area contributed by atoms with Gasteiger partial charge in [0.05, 0.1) is 19.7 Å². The average molecular weight is 300 g/mol. The van der Waals surface area contributed by atoms with Crippen molar-refractivity contribution in [2.24, 2.45) is 5.10 Å². The molecule has 0 saturated heterocycles. The number of aromatic hydroxyl groups is 2. The summed E-state index contributed by atoms with van der Waals surface area (Å²) in [6, 6.07) is 11.4. The molecule has 0 aromatic heterocycles. The summed E-state index contributed by atoms with van der Waals surface area (Å²) in [5, 5.41) is 22.3. The van der Waals surface area contributed by atoms with Gasteiger partial charge in [-0.05, 0) is 41.5 Å². The number of amides is 1. The van der Waals surface area contributed by atoms with Gasteiger partial charge in [-0.2, -0.15) is 5.10 Å². The highest BCUT2D eigenvalue weighted by Crippen LogP contribution is 2.23. The zero-order valence-corrected chi connectivity index (χ0v) is 12.0. The molecule has 114 valence electrons. The Morgan fingerprint density at radius 3 is 2.55 bits per heavy atom. The van der Waals surface area contributed by atoms with E-state index in [1.165, 1.54) is 18.3 Å². The standard InChI is InChI=1S/C16H16N2O4/c1-22-13-5-2-11(3-6-13)9-16(21)18-17-10-12-4-7-14(19)15(20)8-12/h2-8,10,19-20H,9H2,1H3,(H,18,21)/b17-10-. The lowest BCUT2D eigenvalue weighted by atomic mass is 10.1. The highest BCUT2D eigenvalue weighted by molar-refractivity contribution is 5.83. The molecular weight excluding hydrogens is 284 g/mol. The number of phenolic OH excluding ortho intramolecular Hbond substituents is 2. The molecule has 0 saturated carbocycles. The number of hydrazone groups is 1. The van der Waals surface area contributed by atoms with Crippen molar-refractivity contribution in [3.63, 3.8) is 0 Å². The first-order valence-electron chi connectivity index (χ1n) is 6.55. The van der Waals surface area contributed by atoms with E-state index in [2.05, 4.69) is 10.5 Å². The monoisotopic (exact) mass is 300 g/mol. The highest BCUT2D eigenvalue weighted by atomic mass is 16.5. The highest BCUT2D eigenvalue weighted by Gasteiger charge is 2.03. The van der Waals surface area contributed by atoms with Crippen LogP contribution in [0.1, 0.15) is 11.1 Å². The molecule has 6 nitrogen and oxygen atoms in total. The number of phenols is 2. The summed E-state index contributed by atoms with van der Waals surface area (Å²) < 4.78 is 5.04. The number of nitrogens with one attached hydrogen (secondary N) is 1. The van der Waals surface area contributed by atoms with Gasteiger partial charge in [0.25, 0.3) is 0 Å². The van der Waals surface area contributed by atoms with Crippen LogP contribution in [0.2, 0.25) is 0 Å². The van der Waals surface area contributed by atoms with Crippen molar-refractivity contribution < 1.29 is 19.7 Å². The van der Waals surface area contributed by atoms with Crippen LogP contribution in [0.3, 0.4) is 0 Å². The van der Waals surface area contributed by atoms with Crippen molar-refractivity contribution in [2.75, 3.05) is 7.11 Å². The predicted octanol–water partition coefficient (Wildman–Crippen LogP) is 1.80. The molecule has 0 spiro atoms. The largest absolute Gasteiger partial charge is 0.504 e. The van der Waals surface area contributed by atoms with Gasteiger partial charge in [-0.25, -0.2) is 5.43 Å². The number of methoxy groups -OCH3 is 1. The van der Waals surface area contributed by atoms with Crippen LogP contribution >= 0.6 is 0 Å².